The SMILES string of the molecule is COc1cccc(-c2csc(NC(=O)C(C)OC(=O)c3c4c(nc5ccccc35)CCN(C)C4)n2)c1. The molecule has 0 aliphatic carbocycles. The molecule has 0 spiro atoms. The van der Waals surface area contributed by atoms with E-state index in [0.29, 0.717) is 17.2 Å². The fourth-order valence-corrected chi connectivity index (χ4v) is 5.01. The third kappa shape index (κ3) is 4.80. The molecule has 9 heteroatoms. The number of methoxy groups -OCH3 is 1. The molecule has 2 aromatic carbocycles. The molecule has 1 unspecified atom stereocenters. The van der Waals surface area contributed by atoms with E-state index < -0.39 is 18.0 Å². The van der Waals surface area contributed by atoms with Crippen molar-refractivity contribution in [2.24, 2.45) is 0 Å². The summed E-state index contributed by atoms with van der Waals surface area (Å²) in [6, 6.07) is 15.1. The number of nitrogens with one attached hydrogen (secondary N) is 1. The summed E-state index contributed by atoms with van der Waals surface area (Å²) in [4.78, 5) is 37.7. The third-order valence-corrected chi connectivity index (χ3v) is 6.95. The number of fused-ring (bicyclic) bond motifs is 2. The van der Waals surface area contributed by atoms with E-state index in [1.807, 2.05) is 61.0 Å². The van der Waals surface area contributed by atoms with Crippen molar-refractivity contribution in [1.29, 1.82) is 0 Å². The topological polar surface area (TPSA) is 93.6 Å². The van der Waals surface area contributed by atoms with Crippen LogP contribution in [0.1, 0.15) is 28.5 Å². The number of benzene rings is 2. The molecule has 1 aliphatic heterocycles. The number of amides is 1. The average molecular weight is 503 g/mol. The molecule has 4 aromatic rings. The normalized spacial score (nSPS) is 14.2. The predicted octanol–water partition coefficient (Wildman–Crippen LogP) is 4.54. The van der Waals surface area contributed by atoms with Gasteiger partial charge in [0.25, 0.3) is 5.91 Å². The fraction of sp³-hybridized carbons (Fsp3) is 0.259. The van der Waals surface area contributed by atoms with Crippen LogP contribution in [-0.4, -0.2) is 53.6 Å². The molecule has 0 bridgehead atoms. The smallest absolute Gasteiger partial charge is 0.339 e. The van der Waals surface area contributed by atoms with Gasteiger partial charge in [0.05, 0.1) is 23.9 Å². The predicted molar refractivity (Wildman–Crippen MR) is 139 cm³/mol. The molecule has 0 saturated carbocycles. The van der Waals surface area contributed by atoms with E-state index in [4.69, 9.17) is 14.5 Å². The summed E-state index contributed by atoms with van der Waals surface area (Å²) < 4.78 is 10.9. The first kappa shape index (κ1) is 23.9. The van der Waals surface area contributed by atoms with Gasteiger partial charge in [-0.2, -0.15) is 0 Å². The number of carbonyl (C=O) groups is 2. The van der Waals surface area contributed by atoms with Gasteiger partial charge in [-0.25, -0.2) is 9.78 Å². The fourth-order valence-electron chi connectivity index (χ4n) is 4.28. The number of likely N-dealkylation sites (N-methyl/N-ethyl adjacent to an activating group) is 1. The molecule has 5 rings (SSSR count). The second-order valence-electron chi connectivity index (χ2n) is 8.72. The van der Waals surface area contributed by atoms with Crippen LogP contribution in [0.15, 0.2) is 53.9 Å². The Bertz CT molecular complexity index is 1450. The van der Waals surface area contributed by atoms with Crippen LogP contribution < -0.4 is 10.1 Å². The Morgan fingerprint density at radius 1 is 1.14 bits per heavy atom. The summed E-state index contributed by atoms with van der Waals surface area (Å²) in [5.41, 5.74) is 4.60. The minimum Gasteiger partial charge on any atom is -0.497 e. The van der Waals surface area contributed by atoms with Crippen LogP contribution in [-0.2, 0) is 22.5 Å². The van der Waals surface area contributed by atoms with Gasteiger partial charge in [0.15, 0.2) is 11.2 Å². The number of hydrogen-bond donors (Lipinski definition) is 1. The Balaban J connectivity index is 1.33. The lowest BCUT2D eigenvalue weighted by Gasteiger charge is -2.27. The molecule has 2 aromatic heterocycles. The van der Waals surface area contributed by atoms with E-state index in [2.05, 4.69) is 15.2 Å². The van der Waals surface area contributed by atoms with E-state index in [1.165, 1.54) is 11.3 Å². The van der Waals surface area contributed by atoms with Gasteiger partial charge in [-0.1, -0.05) is 30.3 Å². The van der Waals surface area contributed by atoms with Crippen molar-refractivity contribution in [3.8, 4) is 17.0 Å². The van der Waals surface area contributed by atoms with Gasteiger partial charge in [0.2, 0.25) is 0 Å². The van der Waals surface area contributed by atoms with Crippen molar-refractivity contribution in [2.75, 3.05) is 26.0 Å². The second-order valence-corrected chi connectivity index (χ2v) is 9.58. The van der Waals surface area contributed by atoms with E-state index in [-0.39, 0.29) is 0 Å². The molecule has 36 heavy (non-hydrogen) atoms. The average Bonchev–Trinajstić information content (AvgIpc) is 3.35. The van der Waals surface area contributed by atoms with Crippen LogP contribution in [0.5, 0.6) is 5.75 Å². The van der Waals surface area contributed by atoms with Crippen molar-refractivity contribution >= 4 is 39.2 Å². The molecule has 1 aliphatic rings. The Morgan fingerprint density at radius 3 is 2.81 bits per heavy atom. The molecule has 1 N–H and O–H groups in total. The maximum absolute atomic E-state index is 13.4. The maximum Gasteiger partial charge on any atom is 0.339 e. The first-order valence-electron chi connectivity index (χ1n) is 11.6. The lowest BCUT2D eigenvalue weighted by atomic mass is 9.96. The summed E-state index contributed by atoms with van der Waals surface area (Å²) >= 11 is 1.30. The Morgan fingerprint density at radius 2 is 1.97 bits per heavy atom. The van der Waals surface area contributed by atoms with Crippen LogP contribution in [0.25, 0.3) is 22.2 Å². The van der Waals surface area contributed by atoms with Gasteiger partial charge in [-0.05, 0) is 32.2 Å². The standard InChI is InChI=1S/C27H26N4O4S/c1-16(25(32)30-27-29-23(15-36-27)17-7-6-8-18(13-17)34-3)35-26(33)24-19-9-4-5-10-21(19)28-22-11-12-31(2)14-20(22)24/h4-10,13,15-16H,11-12,14H2,1-3H3,(H,29,30,32). The minimum atomic E-state index is -1.01. The number of anilines is 1. The summed E-state index contributed by atoms with van der Waals surface area (Å²) in [6.45, 7) is 3.04. The Labute approximate surface area is 212 Å². The number of esters is 1. The monoisotopic (exact) mass is 502 g/mol. The summed E-state index contributed by atoms with van der Waals surface area (Å²) in [5, 5.41) is 5.77. The largest absolute Gasteiger partial charge is 0.497 e. The number of ether oxygens (including phenoxy) is 2. The molecule has 8 nitrogen and oxygen atoms in total. The molecule has 0 saturated heterocycles. The molecule has 0 fully saturated rings. The zero-order chi connectivity index (χ0) is 25.2. The number of pyridine rings is 1. The number of rotatable bonds is 6. The zero-order valence-electron chi connectivity index (χ0n) is 20.3. The number of hydrogen-bond acceptors (Lipinski definition) is 8. The first-order chi connectivity index (χ1) is 17.4. The van der Waals surface area contributed by atoms with E-state index >= 15 is 0 Å². The van der Waals surface area contributed by atoms with Gasteiger partial charge in [-0.15, -0.1) is 11.3 Å². The number of thiazole rings is 1. The molecule has 1 atom stereocenters. The molecular weight excluding hydrogens is 476 g/mol. The summed E-state index contributed by atoms with van der Waals surface area (Å²) in [6.07, 6.45) is -0.252. The molecule has 184 valence electrons. The summed E-state index contributed by atoms with van der Waals surface area (Å²) in [7, 11) is 3.62. The molecular formula is C27H26N4O4S. The van der Waals surface area contributed by atoms with E-state index in [9.17, 15) is 9.59 Å². The van der Waals surface area contributed by atoms with Crippen molar-refractivity contribution < 1.29 is 19.1 Å². The van der Waals surface area contributed by atoms with Crippen LogP contribution in [0.2, 0.25) is 0 Å². The van der Waals surface area contributed by atoms with E-state index in [0.717, 1.165) is 52.1 Å². The van der Waals surface area contributed by atoms with Gasteiger partial charge in [-0.3, -0.25) is 15.1 Å². The highest BCUT2D eigenvalue weighted by atomic mass is 32.1. The maximum atomic E-state index is 13.4. The van der Waals surface area contributed by atoms with Gasteiger partial charge < -0.3 is 14.4 Å². The van der Waals surface area contributed by atoms with Gasteiger partial charge in [0, 0.05) is 47.1 Å². The number of carbonyl (C=O) groups excluding carboxylic acids is 2. The van der Waals surface area contributed by atoms with Crippen molar-refractivity contribution in [1.82, 2.24) is 14.9 Å². The number of aromatic nitrogens is 2. The first-order valence-corrected chi connectivity index (χ1v) is 12.5. The third-order valence-electron chi connectivity index (χ3n) is 6.19. The van der Waals surface area contributed by atoms with Crippen LogP contribution in [0, 0.1) is 0 Å². The van der Waals surface area contributed by atoms with Crippen LogP contribution in [0.3, 0.4) is 0 Å². The van der Waals surface area contributed by atoms with Crippen molar-refractivity contribution in [3.05, 3.63) is 70.7 Å². The van der Waals surface area contributed by atoms with Crippen molar-refractivity contribution in [3.63, 3.8) is 0 Å². The quantitative estimate of drug-likeness (QED) is 0.387. The molecule has 3 heterocycles. The second kappa shape index (κ2) is 10.0. The summed E-state index contributed by atoms with van der Waals surface area (Å²) in [5.74, 6) is -0.248. The number of para-hydroxylation sites is 1. The highest BCUT2D eigenvalue weighted by Crippen LogP contribution is 2.30. The zero-order valence-corrected chi connectivity index (χ0v) is 21.1. The lowest BCUT2D eigenvalue weighted by Crippen LogP contribution is -2.32. The van der Waals surface area contributed by atoms with Crippen LogP contribution in [0.4, 0.5) is 5.13 Å². The van der Waals surface area contributed by atoms with Crippen molar-refractivity contribution in [2.45, 2.75) is 26.0 Å². The highest BCUT2D eigenvalue weighted by molar-refractivity contribution is 7.14. The highest BCUT2D eigenvalue weighted by Gasteiger charge is 2.28. The van der Waals surface area contributed by atoms with Gasteiger partial charge >= 0.3 is 5.97 Å². The van der Waals surface area contributed by atoms with Crippen LogP contribution >= 0.6 is 11.3 Å². The Kier molecular flexibility index (Phi) is 6.67. The van der Waals surface area contributed by atoms with Gasteiger partial charge in [0.1, 0.15) is 5.75 Å². The molecule has 0 radical (unpaired) electrons. The van der Waals surface area contributed by atoms with E-state index in [1.54, 1.807) is 14.0 Å². The Hall–Kier alpha value is -3.82. The lowest BCUT2D eigenvalue weighted by molar-refractivity contribution is -0.123. The number of nitrogens with zero attached hydrogens (tertiary/aromatic N) is 3. The minimum absolute atomic E-state index is 0.425. The molecule has 1 amide bonds.